The van der Waals surface area contributed by atoms with Crippen LogP contribution in [0.3, 0.4) is 0 Å². The minimum absolute atomic E-state index is 0.00387. The molecular formula is C16H21ClN2O4S. The summed E-state index contributed by atoms with van der Waals surface area (Å²) < 4.78 is 32.8. The van der Waals surface area contributed by atoms with Crippen molar-refractivity contribution >= 4 is 27.5 Å². The molecule has 2 N–H and O–H groups in total. The third-order valence-electron chi connectivity index (χ3n) is 4.19. The van der Waals surface area contributed by atoms with Crippen molar-refractivity contribution in [2.45, 2.75) is 55.5 Å². The number of rotatable bonds is 7. The Hall–Kier alpha value is -1.31. The fourth-order valence-electron chi connectivity index (χ4n) is 2.74. The summed E-state index contributed by atoms with van der Waals surface area (Å²) in [5.74, 6) is 0.0931. The molecule has 24 heavy (non-hydrogen) atoms. The maximum Gasteiger partial charge on any atom is 0.258 e. The van der Waals surface area contributed by atoms with Crippen LogP contribution in [0.4, 0.5) is 0 Å². The van der Waals surface area contributed by atoms with Gasteiger partial charge in [-0.25, -0.2) is 13.1 Å². The molecule has 0 saturated heterocycles. The first-order valence-electron chi connectivity index (χ1n) is 8.18. The van der Waals surface area contributed by atoms with Crippen LogP contribution in [0, 0.1) is 0 Å². The SMILES string of the molecule is O=C(COc1ccc(S(=O)(=O)NC2CCCC2)cc1Cl)NC1CC1. The summed E-state index contributed by atoms with van der Waals surface area (Å²) in [5.41, 5.74) is 0. The van der Waals surface area contributed by atoms with E-state index in [-0.39, 0.29) is 34.5 Å². The van der Waals surface area contributed by atoms with Crippen molar-refractivity contribution in [1.29, 1.82) is 0 Å². The zero-order chi connectivity index (χ0) is 17.2. The third kappa shape index (κ3) is 4.62. The fourth-order valence-corrected chi connectivity index (χ4v) is 4.37. The quantitative estimate of drug-likeness (QED) is 0.768. The summed E-state index contributed by atoms with van der Waals surface area (Å²) in [5, 5.41) is 2.98. The average Bonchev–Trinajstić information content (AvgIpc) is 3.19. The van der Waals surface area contributed by atoms with E-state index in [1.54, 1.807) is 0 Å². The Morgan fingerprint density at radius 3 is 2.50 bits per heavy atom. The Labute approximate surface area is 147 Å². The normalized spacial score (nSPS) is 18.5. The van der Waals surface area contributed by atoms with Gasteiger partial charge in [0.25, 0.3) is 5.91 Å². The molecule has 2 aliphatic rings. The van der Waals surface area contributed by atoms with Crippen LogP contribution < -0.4 is 14.8 Å². The largest absolute Gasteiger partial charge is 0.482 e. The van der Waals surface area contributed by atoms with Crippen molar-refractivity contribution in [3.63, 3.8) is 0 Å². The number of ether oxygens (including phenoxy) is 1. The van der Waals surface area contributed by atoms with E-state index in [4.69, 9.17) is 16.3 Å². The first-order valence-corrected chi connectivity index (χ1v) is 10.0. The van der Waals surface area contributed by atoms with E-state index in [0.29, 0.717) is 5.75 Å². The van der Waals surface area contributed by atoms with Crippen LogP contribution in [0.2, 0.25) is 5.02 Å². The molecule has 0 spiro atoms. The maximum absolute atomic E-state index is 12.4. The Kier molecular flexibility index (Phi) is 5.32. The second-order valence-corrected chi connectivity index (χ2v) is 8.45. The van der Waals surface area contributed by atoms with Gasteiger partial charge in [0.1, 0.15) is 5.75 Å². The smallest absolute Gasteiger partial charge is 0.258 e. The minimum Gasteiger partial charge on any atom is -0.482 e. The zero-order valence-corrected chi connectivity index (χ0v) is 14.8. The molecule has 0 atom stereocenters. The molecule has 0 aromatic heterocycles. The van der Waals surface area contributed by atoms with Gasteiger partial charge < -0.3 is 10.1 Å². The van der Waals surface area contributed by atoms with Gasteiger partial charge in [-0.05, 0) is 43.9 Å². The predicted molar refractivity (Wildman–Crippen MR) is 90.7 cm³/mol. The second kappa shape index (κ2) is 7.29. The highest BCUT2D eigenvalue weighted by Gasteiger charge is 2.25. The monoisotopic (exact) mass is 372 g/mol. The van der Waals surface area contributed by atoms with E-state index in [1.165, 1.54) is 18.2 Å². The summed E-state index contributed by atoms with van der Waals surface area (Å²) in [6.07, 6.45) is 5.84. The Bertz CT molecular complexity index is 713. The highest BCUT2D eigenvalue weighted by molar-refractivity contribution is 7.89. The van der Waals surface area contributed by atoms with E-state index in [1.807, 2.05) is 0 Å². The molecule has 132 valence electrons. The van der Waals surface area contributed by atoms with E-state index in [9.17, 15) is 13.2 Å². The molecule has 3 rings (SSSR count). The van der Waals surface area contributed by atoms with Crippen molar-refractivity contribution in [1.82, 2.24) is 10.0 Å². The number of halogens is 1. The fraction of sp³-hybridized carbons (Fsp3) is 0.562. The van der Waals surface area contributed by atoms with Crippen LogP contribution in [-0.2, 0) is 14.8 Å². The Balaban J connectivity index is 1.61. The highest BCUT2D eigenvalue weighted by Crippen LogP contribution is 2.28. The molecule has 2 saturated carbocycles. The molecule has 0 radical (unpaired) electrons. The lowest BCUT2D eigenvalue weighted by Gasteiger charge is -2.14. The highest BCUT2D eigenvalue weighted by atomic mass is 35.5. The van der Waals surface area contributed by atoms with Crippen LogP contribution in [0.25, 0.3) is 0 Å². The number of benzene rings is 1. The topological polar surface area (TPSA) is 84.5 Å². The summed E-state index contributed by atoms with van der Waals surface area (Å²) in [7, 11) is -3.59. The lowest BCUT2D eigenvalue weighted by Crippen LogP contribution is -2.32. The lowest BCUT2D eigenvalue weighted by molar-refractivity contribution is -0.123. The second-order valence-electron chi connectivity index (χ2n) is 6.33. The predicted octanol–water partition coefficient (Wildman–Crippen LogP) is 2.22. The summed E-state index contributed by atoms with van der Waals surface area (Å²) >= 11 is 6.10. The van der Waals surface area contributed by atoms with Crippen molar-refractivity contribution in [2.24, 2.45) is 0 Å². The molecule has 2 fully saturated rings. The van der Waals surface area contributed by atoms with Gasteiger partial charge in [-0.3, -0.25) is 4.79 Å². The molecule has 1 aromatic rings. The van der Waals surface area contributed by atoms with Gasteiger partial charge in [0.15, 0.2) is 6.61 Å². The van der Waals surface area contributed by atoms with E-state index in [2.05, 4.69) is 10.0 Å². The number of hydrogen-bond acceptors (Lipinski definition) is 4. The Morgan fingerprint density at radius 1 is 1.17 bits per heavy atom. The van der Waals surface area contributed by atoms with Gasteiger partial charge in [0.2, 0.25) is 10.0 Å². The van der Waals surface area contributed by atoms with Crippen LogP contribution in [0.1, 0.15) is 38.5 Å². The van der Waals surface area contributed by atoms with E-state index < -0.39 is 10.0 Å². The maximum atomic E-state index is 12.4. The molecule has 0 heterocycles. The Morgan fingerprint density at radius 2 is 1.88 bits per heavy atom. The number of amides is 1. The molecular weight excluding hydrogens is 352 g/mol. The number of nitrogens with one attached hydrogen (secondary N) is 2. The van der Waals surface area contributed by atoms with Crippen LogP contribution >= 0.6 is 11.6 Å². The number of sulfonamides is 1. The lowest BCUT2D eigenvalue weighted by atomic mass is 10.3. The van der Waals surface area contributed by atoms with Crippen LogP contribution in [-0.4, -0.2) is 33.0 Å². The van der Waals surface area contributed by atoms with Gasteiger partial charge in [-0.1, -0.05) is 24.4 Å². The minimum atomic E-state index is -3.59. The van der Waals surface area contributed by atoms with E-state index >= 15 is 0 Å². The summed E-state index contributed by atoms with van der Waals surface area (Å²) in [6, 6.07) is 4.54. The molecule has 1 aromatic carbocycles. The van der Waals surface area contributed by atoms with Crippen molar-refractivity contribution in [3.05, 3.63) is 23.2 Å². The number of carbonyl (C=O) groups is 1. The summed E-state index contributed by atoms with van der Waals surface area (Å²) in [6.45, 7) is -0.136. The van der Waals surface area contributed by atoms with E-state index in [0.717, 1.165) is 38.5 Å². The number of carbonyl (C=O) groups excluding carboxylic acids is 1. The average molecular weight is 373 g/mol. The van der Waals surface area contributed by atoms with Crippen molar-refractivity contribution in [3.8, 4) is 5.75 Å². The first-order chi connectivity index (χ1) is 11.4. The summed E-state index contributed by atoms with van der Waals surface area (Å²) in [4.78, 5) is 11.7. The molecule has 0 bridgehead atoms. The van der Waals surface area contributed by atoms with Crippen LogP contribution in [0.15, 0.2) is 23.1 Å². The molecule has 6 nitrogen and oxygen atoms in total. The van der Waals surface area contributed by atoms with Crippen molar-refractivity contribution in [2.75, 3.05) is 6.61 Å². The third-order valence-corrected chi connectivity index (χ3v) is 6.01. The number of hydrogen-bond donors (Lipinski definition) is 2. The molecule has 0 unspecified atom stereocenters. The van der Waals surface area contributed by atoms with Crippen molar-refractivity contribution < 1.29 is 17.9 Å². The zero-order valence-electron chi connectivity index (χ0n) is 13.3. The van der Waals surface area contributed by atoms with Gasteiger partial charge in [0, 0.05) is 12.1 Å². The van der Waals surface area contributed by atoms with Gasteiger partial charge in [0.05, 0.1) is 9.92 Å². The first kappa shape index (κ1) is 17.5. The van der Waals surface area contributed by atoms with Gasteiger partial charge in [-0.15, -0.1) is 0 Å². The molecule has 0 aliphatic heterocycles. The van der Waals surface area contributed by atoms with Gasteiger partial charge in [-0.2, -0.15) is 0 Å². The van der Waals surface area contributed by atoms with Gasteiger partial charge >= 0.3 is 0 Å². The molecule has 1 amide bonds. The molecule has 2 aliphatic carbocycles. The van der Waals surface area contributed by atoms with Crippen LogP contribution in [0.5, 0.6) is 5.75 Å². The molecule has 8 heteroatoms. The standard InChI is InChI=1S/C16H21ClN2O4S/c17-14-9-13(24(21,22)19-12-3-1-2-4-12)7-8-15(14)23-10-16(20)18-11-5-6-11/h7-9,11-12,19H,1-6,10H2,(H,18,20).